The smallest absolute Gasteiger partial charge is 0.229 e. The molecular formula is C9H12N2O2S. The van der Waals surface area contributed by atoms with Gasteiger partial charge in [0.1, 0.15) is 0 Å². The highest BCUT2D eigenvalue weighted by Gasteiger charge is 2.15. The lowest BCUT2D eigenvalue weighted by Crippen LogP contribution is -2.10. The summed E-state index contributed by atoms with van der Waals surface area (Å²) in [6, 6.07) is 5.58. The van der Waals surface area contributed by atoms with E-state index >= 15 is 0 Å². The molecule has 0 saturated carbocycles. The fourth-order valence-electron chi connectivity index (χ4n) is 1.64. The van der Waals surface area contributed by atoms with Gasteiger partial charge in [0, 0.05) is 17.8 Å². The van der Waals surface area contributed by atoms with Crippen molar-refractivity contribution in [2.75, 3.05) is 22.8 Å². The van der Waals surface area contributed by atoms with Gasteiger partial charge >= 0.3 is 0 Å². The second-order valence-corrected chi connectivity index (χ2v) is 5.13. The van der Waals surface area contributed by atoms with E-state index in [1.165, 1.54) is 0 Å². The van der Waals surface area contributed by atoms with Crippen LogP contribution in [0, 0.1) is 0 Å². The number of sulfonamides is 1. The van der Waals surface area contributed by atoms with Gasteiger partial charge in [-0.15, -0.1) is 0 Å². The Morgan fingerprint density at radius 3 is 2.93 bits per heavy atom. The molecule has 0 amide bonds. The molecular weight excluding hydrogens is 200 g/mol. The van der Waals surface area contributed by atoms with Gasteiger partial charge in [0.25, 0.3) is 0 Å². The van der Waals surface area contributed by atoms with Crippen molar-refractivity contribution in [3.05, 3.63) is 23.8 Å². The minimum atomic E-state index is -3.18. The van der Waals surface area contributed by atoms with Crippen LogP contribution in [-0.4, -0.2) is 21.2 Å². The number of rotatable bonds is 2. The molecule has 0 radical (unpaired) electrons. The molecule has 1 heterocycles. The lowest BCUT2D eigenvalue weighted by Gasteiger charge is -2.08. The number of anilines is 2. The van der Waals surface area contributed by atoms with Gasteiger partial charge in [-0.1, -0.05) is 6.07 Å². The zero-order valence-electron chi connectivity index (χ0n) is 7.87. The normalized spacial score (nSPS) is 14.6. The zero-order chi connectivity index (χ0) is 10.2. The Morgan fingerprint density at radius 1 is 1.43 bits per heavy atom. The average Bonchev–Trinajstić information content (AvgIpc) is 2.49. The monoisotopic (exact) mass is 212 g/mol. The van der Waals surface area contributed by atoms with E-state index in [-0.39, 0.29) is 0 Å². The van der Waals surface area contributed by atoms with Crippen molar-refractivity contribution in [1.82, 2.24) is 0 Å². The van der Waals surface area contributed by atoms with Gasteiger partial charge < -0.3 is 5.32 Å². The third kappa shape index (κ3) is 1.82. The number of hydrogen-bond donors (Lipinski definition) is 2. The largest absolute Gasteiger partial charge is 0.384 e. The van der Waals surface area contributed by atoms with Gasteiger partial charge in [0.2, 0.25) is 10.0 Å². The van der Waals surface area contributed by atoms with Crippen molar-refractivity contribution in [1.29, 1.82) is 0 Å². The first-order valence-corrected chi connectivity index (χ1v) is 6.29. The highest BCUT2D eigenvalue weighted by atomic mass is 32.2. The topological polar surface area (TPSA) is 58.2 Å². The van der Waals surface area contributed by atoms with Gasteiger partial charge in [-0.3, -0.25) is 4.72 Å². The Bertz CT molecular complexity index is 454. The summed E-state index contributed by atoms with van der Waals surface area (Å²) in [6.45, 7) is 0.873. The van der Waals surface area contributed by atoms with Crippen LogP contribution in [0.1, 0.15) is 5.56 Å². The van der Waals surface area contributed by atoms with E-state index < -0.39 is 10.0 Å². The summed E-state index contributed by atoms with van der Waals surface area (Å²) in [5.74, 6) is 0. The molecule has 76 valence electrons. The van der Waals surface area contributed by atoms with E-state index in [0.29, 0.717) is 5.69 Å². The fraction of sp³-hybridized carbons (Fsp3) is 0.333. The molecule has 1 aromatic carbocycles. The highest BCUT2D eigenvalue weighted by Crippen LogP contribution is 2.29. The van der Waals surface area contributed by atoms with Gasteiger partial charge in [-0.2, -0.15) is 0 Å². The second-order valence-electron chi connectivity index (χ2n) is 3.38. The minimum absolute atomic E-state index is 0.690. The molecule has 0 spiro atoms. The Hall–Kier alpha value is -1.23. The Labute approximate surface area is 83.4 Å². The molecule has 14 heavy (non-hydrogen) atoms. The van der Waals surface area contributed by atoms with Crippen LogP contribution in [0.5, 0.6) is 0 Å². The summed E-state index contributed by atoms with van der Waals surface area (Å²) in [5, 5.41) is 3.19. The quantitative estimate of drug-likeness (QED) is 0.769. The molecule has 0 saturated heterocycles. The Kier molecular flexibility index (Phi) is 2.11. The van der Waals surface area contributed by atoms with Gasteiger partial charge in [0.05, 0.1) is 11.9 Å². The van der Waals surface area contributed by atoms with Gasteiger partial charge in [-0.05, 0) is 18.6 Å². The van der Waals surface area contributed by atoms with E-state index in [1.807, 2.05) is 12.1 Å². The summed E-state index contributed by atoms with van der Waals surface area (Å²) in [7, 11) is -3.18. The number of nitrogens with one attached hydrogen (secondary N) is 2. The predicted molar refractivity (Wildman–Crippen MR) is 57.1 cm³/mol. The van der Waals surface area contributed by atoms with Crippen molar-refractivity contribution < 1.29 is 8.42 Å². The van der Waals surface area contributed by atoms with Crippen molar-refractivity contribution in [3.8, 4) is 0 Å². The summed E-state index contributed by atoms with van der Waals surface area (Å²) in [6.07, 6.45) is 2.03. The Morgan fingerprint density at radius 2 is 2.21 bits per heavy atom. The molecule has 1 aliphatic heterocycles. The second kappa shape index (κ2) is 3.16. The number of benzene rings is 1. The molecule has 1 aliphatic rings. The van der Waals surface area contributed by atoms with Crippen LogP contribution in [-0.2, 0) is 16.4 Å². The summed E-state index contributed by atoms with van der Waals surface area (Å²) in [5.41, 5.74) is 2.77. The Balaban J connectivity index is 2.40. The molecule has 4 nitrogen and oxygen atoms in total. The predicted octanol–water partition coefficient (Wildman–Crippen LogP) is 1.03. The average molecular weight is 212 g/mol. The van der Waals surface area contributed by atoms with E-state index in [9.17, 15) is 8.42 Å². The van der Waals surface area contributed by atoms with Crippen LogP contribution in [0.4, 0.5) is 11.4 Å². The van der Waals surface area contributed by atoms with Crippen LogP contribution in [0.3, 0.4) is 0 Å². The van der Waals surface area contributed by atoms with Gasteiger partial charge in [0.15, 0.2) is 0 Å². The molecule has 1 aromatic rings. The molecule has 0 atom stereocenters. The summed E-state index contributed by atoms with van der Waals surface area (Å²) >= 11 is 0. The summed E-state index contributed by atoms with van der Waals surface area (Å²) < 4.78 is 24.7. The first-order chi connectivity index (χ1) is 6.56. The third-order valence-corrected chi connectivity index (χ3v) is 2.75. The zero-order valence-corrected chi connectivity index (χ0v) is 8.69. The SMILES string of the molecule is CS(=O)(=O)Nc1cccc2c1CCN2. The van der Waals surface area contributed by atoms with Crippen LogP contribution in [0.15, 0.2) is 18.2 Å². The van der Waals surface area contributed by atoms with E-state index in [2.05, 4.69) is 10.0 Å². The van der Waals surface area contributed by atoms with Crippen LogP contribution < -0.4 is 10.0 Å². The number of fused-ring (bicyclic) bond motifs is 1. The van der Waals surface area contributed by atoms with Gasteiger partial charge in [-0.25, -0.2) is 8.42 Å². The fourth-order valence-corrected chi connectivity index (χ4v) is 2.23. The van der Waals surface area contributed by atoms with Crippen LogP contribution in [0.25, 0.3) is 0 Å². The molecule has 2 N–H and O–H groups in total. The van der Waals surface area contributed by atoms with E-state index in [1.54, 1.807) is 6.07 Å². The lowest BCUT2D eigenvalue weighted by atomic mass is 10.1. The maximum Gasteiger partial charge on any atom is 0.229 e. The lowest BCUT2D eigenvalue weighted by molar-refractivity contribution is 0.607. The molecule has 0 fully saturated rings. The first-order valence-electron chi connectivity index (χ1n) is 4.40. The minimum Gasteiger partial charge on any atom is -0.384 e. The van der Waals surface area contributed by atoms with E-state index in [0.717, 1.165) is 30.5 Å². The van der Waals surface area contributed by atoms with Crippen molar-refractivity contribution in [2.24, 2.45) is 0 Å². The molecule has 2 rings (SSSR count). The van der Waals surface area contributed by atoms with Crippen molar-refractivity contribution in [2.45, 2.75) is 6.42 Å². The molecule has 0 aliphatic carbocycles. The molecule has 0 aromatic heterocycles. The van der Waals surface area contributed by atoms with Crippen molar-refractivity contribution >= 4 is 21.4 Å². The number of hydrogen-bond acceptors (Lipinski definition) is 3. The molecule has 0 unspecified atom stereocenters. The standard InChI is InChI=1S/C9H12N2O2S/c1-14(12,13)11-9-4-2-3-8-7(9)5-6-10-8/h2-4,10-11H,5-6H2,1H3. The maximum atomic E-state index is 11.1. The third-order valence-electron chi connectivity index (χ3n) is 2.16. The summed E-state index contributed by atoms with van der Waals surface area (Å²) in [4.78, 5) is 0. The maximum absolute atomic E-state index is 11.1. The highest BCUT2D eigenvalue weighted by molar-refractivity contribution is 7.92. The first kappa shape index (κ1) is 9.33. The van der Waals surface area contributed by atoms with E-state index in [4.69, 9.17) is 0 Å². The molecule has 5 heteroatoms. The van der Waals surface area contributed by atoms with Crippen LogP contribution in [0.2, 0.25) is 0 Å². The van der Waals surface area contributed by atoms with Crippen LogP contribution >= 0.6 is 0 Å². The van der Waals surface area contributed by atoms with Crippen molar-refractivity contribution in [3.63, 3.8) is 0 Å². The molecule has 0 bridgehead atoms.